The molecule has 5 heteroatoms. The van der Waals surface area contributed by atoms with Crippen molar-refractivity contribution < 1.29 is 18.0 Å². The van der Waals surface area contributed by atoms with Crippen molar-refractivity contribution in [1.82, 2.24) is 4.90 Å². The predicted octanol–water partition coefficient (Wildman–Crippen LogP) is 2.26. The van der Waals surface area contributed by atoms with E-state index in [1.165, 1.54) is 6.07 Å². The first kappa shape index (κ1) is 11.0. The molecule has 0 atom stereocenters. The molecule has 0 aromatic heterocycles. The van der Waals surface area contributed by atoms with Gasteiger partial charge in [-0.25, -0.2) is 0 Å². The molecule has 1 radical (unpaired) electrons. The summed E-state index contributed by atoms with van der Waals surface area (Å²) in [5, 5.41) is 0. The Balaban J connectivity index is 2.22. The highest BCUT2D eigenvalue weighted by molar-refractivity contribution is 5.97. The molecule has 1 amide bonds. The lowest BCUT2D eigenvalue weighted by molar-refractivity contribution is -0.140. The maximum absolute atomic E-state index is 12.2. The van der Waals surface area contributed by atoms with Crippen LogP contribution in [0, 0.1) is 6.42 Å². The summed E-state index contributed by atoms with van der Waals surface area (Å²) < 4.78 is 36.5. The number of carbonyl (C=O) groups excluding carboxylic acids is 1. The van der Waals surface area contributed by atoms with Gasteiger partial charge in [0.2, 0.25) is 0 Å². The van der Waals surface area contributed by atoms with Gasteiger partial charge >= 0.3 is 6.18 Å². The summed E-state index contributed by atoms with van der Waals surface area (Å²) in [6.07, 6.45) is -2.72. The van der Waals surface area contributed by atoms with E-state index >= 15 is 0 Å². The number of carbonyl (C=O) groups is 1. The summed E-state index contributed by atoms with van der Waals surface area (Å²) in [6.45, 7) is -1.19. The molecular weight excluding hydrogens is 219 g/mol. The zero-order valence-corrected chi connectivity index (χ0v) is 8.29. The molecule has 0 spiro atoms. The van der Waals surface area contributed by atoms with Gasteiger partial charge in [0.15, 0.2) is 0 Å². The molecule has 0 saturated heterocycles. The quantitative estimate of drug-likeness (QED) is 0.722. The molecular formula is C11H9F3NO. The molecule has 2 rings (SSSR count). The van der Waals surface area contributed by atoms with Gasteiger partial charge in [0.05, 0.1) is 0 Å². The van der Waals surface area contributed by atoms with Crippen molar-refractivity contribution in [3.05, 3.63) is 41.8 Å². The first-order chi connectivity index (χ1) is 7.47. The van der Waals surface area contributed by atoms with E-state index in [0.29, 0.717) is 11.1 Å². The third kappa shape index (κ3) is 2.18. The molecule has 1 heterocycles. The van der Waals surface area contributed by atoms with Gasteiger partial charge in [0, 0.05) is 18.5 Å². The Morgan fingerprint density at radius 1 is 1.25 bits per heavy atom. The zero-order chi connectivity index (χ0) is 11.8. The minimum atomic E-state index is -4.35. The first-order valence-corrected chi connectivity index (χ1v) is 4.75. The highest BCUT2D eigenvalue weighted by atomic mass is 19.4. The van der Waals surface area contributed by atoms with Crippen molar-refractivity contribution in [1.29, 1.82) is 0 Å². The van der Waals surface area contributed by atoms with Crippen molar-refractivity contribution in [2.75, 3.05) is 13.1 Å². The van der Waals surface area contributed by atoms with E-state index < -0.39 is 18.6 Å². The second kappa shape index (κ2) is 3.81. The molecule has 0 N–H and O–H groups in total. The van der Waals surface area contributed by atoms with Crippen LogP contribution in [0.4, 0.5) is 13.2 Å². The van der Waals surface area contributed by atoms with Gasteiger partial charge in [-0.1, -0.05) is 18.2 Å². The van der Waals surface area contributed by atoms with Crippen LogP contribution in [0.5, 0.6) is 0 Å². The standard InChI is InChI=1S/C11H9F3NO/c12-11(13,14)7-15-6-5-8-3-1-2-4-9(8)10(15)16/h1-5H,6-7H2. The Bertz CT molecular complexity index is 414. The lowest BCUT2D eigenvalue weighted by Gasteiger charge is -2.28. The van der Waals surface area contributed by atoms with Crippen molar-refractivity contribution in [3.63, 3.8) is 0 Å². The smallest absolute Gasteiger partial charge is 0.329 e. The van der Waals surface area contributed by atoms with Crippen molar-refractivity contribution in [2.24, 2.45) is 0 Å². The highest BCUT2D eigenvalue weighted by Gasteiger charge is 2.35. The number of nitrogens with zero attached hydrogens (tertiary/aromatic N) is 1. The monoisotopic (exact) mass is 228 g/mol. The van der Waals surface area contributed by atoms with Crippen molar-refractivity contribution in [2.45, 2.75) is 6.18 Å². The SMILES string of the molecule is O=C1c2ccccc2[CH]CN1CC(F)(F)F. The van der Waals surface area contributed by atoms with Crippen LogP contribution in [0.1, 0.15) is 15.9 Å². The molecule has 0 saturated carbocycles. The first-order valence-electron chi connectivity index (χ1n) is 4.75. The van der Waals surface area contributed by atoms with Gasteiger partial charge in [0.25, 0.3) is 5.91 Å². The molecule has 16 heavy (non-hydrogen) atoms. The Morgan fingerprint density at radius 2 is 1.94 bits per heavy atom. The third-order valence-corrected chi connectivity index (χ3v) is 2.38. The number of halogens is 3. The average molecular weight is 228 g/mol. The molecule has 1 aliphatic rings. The van der Waals surface area contributed by atoms with Gasteiger partial charge < -0.3 is 4.90 Å². The van der Waals surface area contributed by atoms with Crippen molar-refractivity contribution >= 4 is 5.91 Å². The lowest BCUT2D eigenvalue weighted by Crippen LogP contribution is -2.42. The molecule has 1 aromatic rings. The van der Waals surface area contributed by atoms with E-state index in [1.807, 2.05) is 0 Å². The van der Waals surface area contributed by atoms with Gasteiger partial charge in [-0.2, -0.15) is 13.2 Å². The lowest BCUT2D eigenvalue weighted by atomic mass is 9.99. The van der Waals surface area contributed by atoms with Crippen LogP contribution in [0.2, 0.25) is 0 Å². The van der Waals surface area contributed by atoms with E-state index in [2.05, 4.69) is 0 Å². The maximum Gasteiger partial charge on any atom is 0.406 e. The van der Waals surface area contributed by atoms with Crippen LogP contribution in [0.3, 0.4) is 0 Å². The number of amides is 1. The van der Waals surface area contributed by atoms with Crippen LogP contribution in [0.15, 0.2) is 24.3 Å². The number of benzene rings is 1. The Hall–Kier alpha value is -1.52. The van der Waals surface area contributed by atoms with Crippen LogP contribution < -0.4 is 0 Å². The molecule has 85 valence electrons. The van der Waals surface area contributed by atoms with Gasteiger partial charge in [-0.05, 0) is 11.6 Å². The summed E-state index contributed by atoms with van der Waals surface area (Å²) in [5.74, 6) is -0.560. The van der Waals surface area contributed by atoms with Crippen molar-refractivity contribution in [3.8, 4) is 0 Å². The van der Waals surface area contributed by atoms with Gasteiger partial charge in [0.1, 0.15) is 6.54 Å². The van der Waals surface area contributed by atoms with Gasteiger partial charge in [-0.3, -0.25) is 4.79 Å². The summed E-state index contributed by atoms with van der Waals surface area (Å²) >= 11 is 0. The number of hydrogen-bond acceptors (Lipinski definition) is 1. The van der Waals surface area contributed by atoms with Crippen LogP contribution in [-0.4, -0.2) is 30.1 Å². The Labute approximate surface area is 90.7 Å². The van der Waals surface area contributed by atoms with E-state index in [4.69, 9.17) is 0 Å². The maximum atomic E-state index is 12.2. The summed E-state index contributed by atoms with van der Waals surface area (Å²) in [4.78, 5) is 12.5. The fraction of sp³-hybridized carbons (Fsp3) is 0.273. The minimum Gasteiger partial charge on any atom is -0.329 e. The number of rotatable bonds is 1. The average Bonchev–Trinajstić information content (AvgIpc) is 2.21. The fourth-order valence-corrected chi connectivity index (χ4v) is 1.68. The largest absolute Gasteiger partial charge is 0.406 e. The second-order valence-electron chi connectivity index (χ2n) is 3.59. The molecule has 0 aliphatic carbocycles. The number of alkyl halides is 3. The van der Waals surface area contributed by atoms with Crippen LogP contribution >= 0.6 is 0 Å². The Kier molecular flexibility index (Phi) is 2.61. The number of fused-ring (bicyclic) bond motifs is 1. The Morgan fingerprint density at radius 3 is 2.62 bits per heavy atom. The van der Waals surface area contributed by atoms with Crippen LogP contribution in [0.25, 0.3) is 0 Å². The van der Waals surface area contributed by atoms with E-state index in [0.717, 1.165) is 4.90 Å². The molecule has 0 bridgehead atoms. The van der Waals surface area contributed by atoms with Gasteiger partial charge in [-0.15, -0.1) is 0 Å². The zero-order valence-electron chi connectivity index (χ0n) is 8.29. The molecule has 2 nitrogen and oxygen atoms in total. The summed E-state index contributed by atoms with van der Waals surface area (Å²) in [7, 11) is 0. The third-order valence-electron chi connectivity index (χ3n) is 2.38. The van der Waals surface area contributed by atoms with E-state index in [1.54, 1.807) is 24.6 Å². The second-order valence-corrected chi connectivity index (χ2v) is 3.59. The fourth-order valence-electron chi connectivity index (χ4n) is 1.68. The highest BCUT2D eigenvalue weighted by Crippen LogP contribution is 2.24. The summed E-state index contributed by atoms with van der Waals surface area (Å²) in [6, 6.07) is 6.65. The topological polar surface area (TPSA) is 20.3 Å². The number of hydrogen-bond donors (Lipinski definition) is 0. The normalized spacial score (nSPS) is 16.2. The van der Waals surface area contributed by atoms with E-state index in [9.17, 15) is 18.0 Å². The molecule has 1 aromatic carbocycles. The van der Waals surface area contributed by atoms with E-state index in [-0.39, 0.29) is 6.54 Å². The molecule has 1 aliphatic heterocycles. The minimum absolute atomic E-state index is 0.00928. The molecule has 0 unspecified atom stereocenters. The molecule has 0 fully saturated rings. The van der Waals surface area contributed by atoms with Crippen LogP contribution in [-0.2, 0) is 0 Å². The summed E-state index contributed by atoms with van der Waals surface area (Å²) in [5.41, 5.74) is 1.03. The predicted molar refractivity (Wildman–Crippen MR) is 51.8 cm³/mol.